The number of hydrogen-bond acceptors (Lipinski definition) is 7. The molecule has 0 radical (unpaired) electrons. The molecule has 1 aromatic heterocycles. The van der Waals surface area contributed by atoms with Crippen molar-refractivity contribution >= 4 is 39.0 Å². The second-order valence-corrected chi connectivity index (χ2v) is 8.92. The molecule has 0 atom stereocenters. The first-order chi connectivity index (χ1) is 14.1. The summed E-state index contributed by atoms with van der Waals surface area (Å²) in [4.78, 5) is 35.3. The van der Waals surface area contributed by atoms with Crippen molar-refractivity contribution < 1.29 is 36.3 Å². The molecule has 1 aromatic carbocycles. The Morgan fingerprint density at radius 3 is 2.50 bits per heavy atom. The molecule has 2 N–H and O–H groups in total. The Hall–Kier alpha value is -2.70. The SMILES string of the molecule is CC(=O)NCc1ccc(C(=O)COC(=O)CCNS(=O)(=O)c2ccc(F)c(F)c2)s1. The number of thiophene rings is 1. The topological polar surface area (TPSA) is 119 Å². The molecule has 12 heteroatoms. The average Bonchev–Trinajstić information content (AvgIpc) is 3.15. The highest BCUT2D eigenvalue weighted by atomic mass is 32.2. The number of nitrogens with one attached hydrogen (secondary N) is 2. The number of halogens is 2. The standard InChI is InChI=1S/C18H18F2N2O6S2/c1-11(23)21-9-12-2-5-17(29-12)16(24)10-28-18(25)6-7-22-30(26,27)13-3-4-14(19)15(20)8-13/h2-5,8,22H,6-7,9-10H2,1H3,(H,21,23). The molecule has 0 saturated carbocycles. The van der Waals surface area contributed by atoms with Crippen molar-refractivity contribution in [2.45, 2.75) is 24.8 Å². The van der Waals surface area contributed by atoms with Crippen LogP contribution in [0.15, 0.2) is 35.2 Å². The van der Waals surface area contributed by atoms with Crippen molar-refractivity contribution in [2.75, 3.05) is 13.2 Å². The van der Waals surface area contributed by atoms with Crippen molar-refractivity contribution in [3.8, 4) is 0 Å². The number of amides is 1. The van der Waals surface area contributed by atoms with Gasteiger partial charge in [-0.3, -0.25) is 14.4 Å². The number of ether oxygens (including phenoxy) is 1. The second-order valence-electron chi connectivity index (χ2n) is 5.98. The lowest BCUT2D eigenvalue weighted by Gasteiger charge is -2.07. The van der Waals surface area contributed by atoms with E-state index in [1.54, 1.807) is 12.1 Å². The summed E-state index contributed by atoms with van der Waals surface area (Å²) >= 11 is 1.15. The molecule has 1 amide bonds. The van der Waals surface area contributed by atoms with Crippen LogP contribution in [0.5, 0.6) is 0 Å². The maximum absolute atomic E-state index is 13.2. The molecule has 0 aliphatic carbocycles. The molecule has 0 saturated heterocycles. The van der Waals surface area contributed by atoms with Crippen molar-refractivity contribution in [1.82, 2.24) is 10.0 Å². The van der Waals surface area contributed by atoms with Gasteiger partial charge in [0.2, 0.25) is 21.7 Å². The van der Waals surface area contributed by atoms with E-state index < -0.39 is 44.9 Å². The van der Waals surface area contributed by atoms with E-state index in [4.69, 9.17) is 4.74 Å². The van der Waals surface area contributed by atoms with Crippen LogP contribution in [0.2, 0.25) is 0 Å². The van der Waals surface area contributed by atoms with E-state index in [1.807, 2.05) is 0 Å². The predicted octanol–water partition coefficient (Wildman–Crippen LogP) is 1.76. The van der Waals surface area contributed by atoms with Gasteiger partial charge in [-0.25, -0.2) is 21.9 Å². The van der Waals surface area contributed by atoms with Crippen LogP contribution in [0.1, 0.15) is 27.9 Å². The summed E-state index contributed by atoms with van der Waals surface area (Å²) in [5, 5.41) is 2.60. The number of esters is 1. The number of benzene rings is 1. The van der Waals surface area contributed by atoms with Crippen LogP contribution in [0.3, 0.4) is 0 Å². The molecule has 2 aromatic rings. The van der Waals surface area contributed by atoms with Gasteiger partial charge in [0.05, 0.1) is 22.7 Å². The Kier molecular flexibility index (Phi) is 8.15. The maximum atomic E-state index is 13.2. The Labute approximate surface area is 175 Å². The first kappa shape index (κ1) is 23.6. The highest BCUT2D eigenvalue weighted by Crippen LogP contribution is 2.17. The quantitative estimate of drug-likeness (QED) is 0.412. The van der Waals surface area contributed by atoms with E-state index in [0.717, 1.165) is 22.3 Å². The second kappa shape index (κ2) is 10.4. The third-order valence-electron chi connectivity index (χ3n) is 3.63. The van der Waals surface area contributed by atoms with Crippen LogP contribution < -0.4 is 10.0 Å². The van der Waals surface area contributed by atoms with Crippen LogP contribution in [0, 0.1) is 11.6 Å². The van der Waals surface area contributed by atoms with Crippen molar-refractivity contribution in [2.24, 2.45) is 0 Å². The molecule has 0 bridgehead atoms. The molecular weight excluding hydrogens is 442 g/mol. The first-order valence-corrected chi connectivity index (χ1v) is 10.8. The highest BCUT2D eigenvalue weighted by molar-refractivity contribution is 7.89. The monoisotopic (exact) mass is 460 g/mol. The van der Waals surface area contributed by atoms with Crippen LogP contribution in [-0.2, 0) is 30.9 Å². The van der Waals surface area contributed by atoms with Crippen molar-refractivity contribution in [1.29, 1.82) is 0 Å². The first-order valence-electron chi connectivity index (χ1n) is 8.55. The summed E-state index contributed by atoms with van der Waals surface area (Å²) in [6, 6.07) is 5.31. The van der Waals surface area contributed by atoms with Gasteiger partial charge in [0.1, 0.15) is 0 Å². The van der Waals surface area contributed by atoms with E-state index in [0.29, 0.717) is 17.0 Å². The molecule has 0 aliphatic rings. The highest BCUT2D eigenvalue weighted by Gasteiger charge is 2.17. The number of carbonyl (C=O) groups is 3. The fourth-order valence-corrected chi connectivity index (χ4v) is 4.05. The Morgan fingerprint density at radius 2 is 1.83 bits per heavy atom. The number of ketones is 1. The van der Waals surface area contributed by atoms with Crippen LogP contribution in [0.25, 0.3) is 0 Å². The number of sulfonamides is 1. The van der Waals surface area contributed by atoms with E-state index in [-0.39, 0.29) is 25.4 Å². The van der Waals surface area contributed by atoms with Gasteiger partial charge in [-0.15, -0.1) is 11.3 Å². The number of rotatable bonds is 10. The van der Waals surface area contributed by atoms with Crippen LogP contribution in [0.4, 0.5) is 8.78 Å². The maximum Gasteiger partial charge on any atom is 0.307 e. The molecule has 30 heavy (non-hydrogen) atoms. The molecule has 8 nitrogen and oxygen atoms in total. The van der Waals surface area contributed by atoms with Crippen LogP contribution in [-0.4, -0.2) is 39.2 Å². The minimum atomic E-state index is -4.14. The van der Waals surface area contributed by atoms with E-state index >= 15 is 0 Å². The lowest BCUT2D eigenvalue weighted by atomic mass is 10.3. The molecule has 0 fully saturated rings. The Morgan fingerprint density at radius 1 is 1.10 bits per heavy atom. The van der Waals surface area contributed by atoms with Gasteiger partial charge in [0.15, 0.2) is 18.2 Å². The Balaban J connectivity index is 1.77. The fourth-order valence-electron chi connectivity index (χ4n) is 2.14. The van der Waals surface area contributed by atoms with Gasteiger partial charge in [-0.1, -0.05) is 0 Å². The molecule has 0 aliphatic heterocycles. The third kappa shape index (κ3) is 6.97. The minimum Gasteiger partial charge on any atom is -0.457 e. The van der Waals surface area contributed by atoms with Gasteiger partial charge in [0, 0.05) is 18.3 Å². The summed E-state index contributed by atoms with van der Waals surface area (Å²) in [6.45, 7) is 0.783. The minimum absolute atomic E-state index is 0.203. The van der Waals surface area contributed by atoms with E-state index in [1.165, 1.54) is 6.92 Å². The zero-order valence-corrected chi connectivity index (χ0v) is 17.4. The van der Waals surface area contributed by atoms with Gasteiger partial charge in [0.25, 0.3) is 0 Å². The fraction of sp³-hybridized carbons (Fsp3) is 0.278. The lowest BCUT2D eigenvalue weighted by Crippen LogP contribution is -2.27. The third-order valence-corrected chi connectivity index (χ3v) is 6.22. The van der Waals surface area contributed by atoms with Gasteiger partial charge in [-0.2, -0.15) is 0 Å². The largest absolute Gasteiger partial charge is 0.457 e. The summed E-state index contributed by atoms with van der Waals surface area (Å²) in [7, 11) is -4.14. The van der Waals surface area contributed by atoms with Gasteiger partial charge in [-0.05, 0) is 30.3 Å². The number of carbonyl (C=O) groups excluding carboxylic acids is 3. The normalized spacial score (nSPS) is 11.2. The van der Waals surface area contributed by atoms with Gasteiger partial charge >= 0.3 is 5.97 Å². The molecule has 0 spiro atoms. The van der Waals surface area contributed by atoms with Crippen molar-refractivity contribution in [3.63, 3.8) is 0 Å². The summed E-state index contributed by atoms with van der Waals surface area (Å²) < 4.78 is 56.9. The summed E-state index contributed by atoms with van der Waals surface area (Å²) in [5.41, 5.74) is 0. The van der Waals surface area contributed by atoms with Crippen LogP contribution >= 0.6 is 11.3 Å². The molecule has 162 valence electrons. The molecule has 1 heterocycles. The van der Waals surface area contributed by atoms with E-state index in [9.17, 15) is 31.6 Å². The van der Waals surface area contributed by atoms with E-state index in [2.05, 4.69) is 10.0 Å². The predicted molar refractivity (Wildman–Crippen MR) is 103 cm³/mol. The number of hydrogen-bond donors (Lipinski definition) is 2. The summed E-state index contributed by atoms with van der Waals surface area (Å²) in [5.74, 6) is -3.96. The Bertz CT molecular complexity index is 1050. The number of Topliss-reactive ketones (excluding diaryl/α,β-unsaturated/α-hetero) is 1. The molecule has 2 rings (SSSR count). The molecule has 0 unspecified atom stereocenters. The zero-order chi connectivity index (χ0) is 22.3. The molecular formula is C18H18F2N2O6S2. The average molecular weight is 460 g/mol. The zero-order valence-electron chi connectivity index (χ0n) is 15.7. The smallest absolute Gasteiger partial charge is 0.307 e. The lowest BCUT2D eigenvalue weighted by molar-refractivity contribution is -0.142. The summed E-state index contributed by atoms with van der Waals surface area (Å²) in [6.07, 6.45) is -0.367. The van der Waals surface area contributed by atoms with Crippen molar-refractivity contribution in [3.05, 3.63) is 51.7 Å². The van der Waals surface area contributed by atoms with Gasteiger partial charge < -0.3 is 10.1 Å².